The quantitative estimate of drug-likeness (QED) is 0.363. The predicted octanol–water partition coefficient (Wildman–Crippen LogP) is 3.29. The number of carbonyl (C=O) groups excluding carboxylic acids is 2. The molecule has 3 aromatic rings. The topological polar surface area (TPSA) is 129 Å². The van der Waals surface area contributed by atoms with Crippen molar-refractivity contribution in [2.75, 3.05) is 33.3 Å². The highest BCUT2D eigenvalue weighted by Crippen LogP contribution is 2.34. The van der Waals surface area contributed by atoms with Gasteiger partial charge in [0.1, 0.15) is 5.75 Å². The van der Waals surface area contributed by atoms with Gasteiger partial charge in [-0.15, -0.1) is 0 Å². The normalized spacial score (nSPS) is 10.9. The van der Waals surface area contributed by atoms with Gasteiger partial charge in [-0.3, -0.25) is 4.79 Å². The minimum Gasteiger partial charge on any atom is -0.493 e. The highest BCUT2D eigenvalue weighted by atomic mass is 32.2. The summed E-state index contributed by atoms with van der Waals surface area (Å²) in [6.07, 6.45) is 0. The summed E-state index contributed by atoms with van der Waals surface area (Å²) in [6.45, 7) is 1.44. The second kappa shape index (κ2) is 12.2. The first-order chi connectivity index (χ1) is 17.7. The SMILES string of the molecule is COC(=O)c1cc(OC)c(OC)cc1NC(=O)COc1ccc(S(=O)(=O)NCc2ccccc2)cc1C. The Morgan fingerprint density at radius 2 is 1.54 bits per heavy atom. The van der Waals surface area contributed by atoms with Gasteiger partial charge >= 0.3 is 5.97 Å². The fourth-order valence-electron chi connectivity index (χ4n) is 3.40. The zero-order chi connectivity index (χ0) is 27.0. The van der Waals surface area contributed by atoms with Gasteiger partial charge < -0.3 is 24.3 Å². The largest absolute Gasteiger partial charge is 0.493 e. The van der Waals surface area contributed by atoms with E-state index in [1.54, 1.807) is 6.92 Å². The molecule has 0 bridgehead atoms. The lowest BCUT2D eigenvalue weighted by molar-refractivity contribution is -0.118. The van der Waals surface area contributed by atoms with Crippen molar-refractivity contribution in [3.63, 3.8) is 0 Å². The summed E-state index contributed by atoms with van der Waals surface area (Å²) in [6, 6.07) is 16.4. The number of ether oxygens (including phenoxy) is 4. The van der Waals surface area contributed by atoms with Gasteiger partial charge in [-0.1, -0.05) is 30.3 Å². The van der Waals surface area contributed by atoms with E-state index in [0.717, 1.165) is 5.56 Å². The zero-order valence-electron chi connectivity index (χ0n) is 20.9. The van der Waals surface area contributed by atoms with Crippen LogP contribution in [0.15, 0.2) is 65.6 Å². The van der Waals surface area contributed by atoms with Crippen molar-refractivity contribution >= 4 is 27.6 Å². The molecular weight excluding hydrogens is 500 g/mol. The molecule has 0 heterocycles. The van der Waals surface area contributed by atoms with Gasteiger partial charge in [0.2, 0.25) is 10.0 Å². The van der Waals surface area contributed by atoms with Crippen LogP contribution in [0.5, 0.6) is 17.2 Å². The Morgan fingerprint density at radius 1 is 0.865 bits per heavy atom. The molecule has 3 aromatic carbocycles. The summed E-state index contributed by atoms with van der Waals surface area (Å²) in [4.78, 5) is 24.9. The summed E-state index contributed by atoms with van der Waals surface area (Å²) in [5, 5.41) is 2.60. The third-order valence-electron chi connectivity index (χ3n) is 5.33. The van der Waals surface area contributed by atoms with E-state index < -0.39 is 28.5 Å². The predicted molar refractivity (Wildman–Crippen MR) is 137 cm³/mol. The van der Waals surface area contributed by atoms with Gasteiger partial charge in [0.25, 0.3) is 5.91 Å². The maximum atomic E-state index is 12.7. The standard InChI is InChI=1S/C26H28N2O8S/c1-17-12-19(37(31,32)27-15-18-8-6-5-7-9-18)10-11-22(17)36-16-25(29)28-21-14-24(34-3)23(33-2)13-20(21)26(30)35-4/h5-14,27H,15-16H2,1-4H3,(H,28,29). The van der Waals surface area contributed by atoms with Crippen molar-refractivity contribution in [1.82, 2.24) is 4.72 Å². The van der Waals surface area contributed by atoms with Crippen molar-refractivity contribution in [2.24, 2.45) is 0 Å². The van der Waals surface area contributed by atoms with Crippen LogP contribution in [0.2, 0.25) is 0 Å². The van der Waals surface area contributed by atoms with Crippen LogP contribution in [-0.4, -0.2) is 48.2 Å². The Morgan fingerprint density at radius 3 is 2.16 bits per heavy atom. The molecule has 11 heteroatoms. The molecule has 0 saturated carbocycles. The highest BCUT2D eigenvalue weighted by molar-refractivity contribution is 7.89. The number of methoxy groups -OCH3 is 3. The van der Waals surface area contributed by atoms with Crippen molar-refractivity contribution in [3.05, 3.63) is 77.4 Å². The number of benzene rings is 3. The molecule has 0 atom stereocenters. The van der Waals surface area contributed by atoms with E-state index in [9.17, 15) is 18.0 Å². The van der Waals surface area contributed by atoms with Gasteiger partial charge in [0, 0.05) is 18.7 Å². The fourth-order valence-corrected chi connectivity index (χ4v) is 4.50. The third kappa shape index (κ3) is 6.99. The minimum atomic E-state index is -3.75. The van der Waals surface area contributed by atoms with Gasteiger partial charge in [-0.2, -0.15) is 0 Å². The number of anilines is 1. The van der Waals surface area contributed by atoms with Crippen LogP contribution in [0.3, 0.4) is 0 Å². The molecule has 3 rings (SSSR count). The first-order valence-corrected chi connectivity index (χ1v) is 12.6. The van der Waals surface area contributed by atoms with Crippen LogP contribution < -0.4 is 24.2 Å². The van der Waals surface area contributed by atoms with Gasteiger partial charge in [0.15, 0.2) is 18.1 Å². The molecule has 0 aliphatic carbocycles. The number of esters is 1. The number of amides is 1. The number of nitrogens with one attached hydrogen (secondary N) is 2. The van der Waals surface area contributed by atoms with Crippen molar-refractivity contribution in [3.8, 4) is 17.2 Å². The summed E-state index contributed by atoms with van der Waals surface area (Å²) in [5.41, 5.74) is 1.58. The Kier molecular flexibility index (Phi) is 9.10. The Labute approximate surface area is 215 Å². The monoisotopic (exact) mass is 528 g/mol. The first-order valence-electron chi connectivity index (χ1n) is 11.1. The fraction of sp³-hybridized carbons (Fsp3) is 0.231. The summed E-state index contributed by atoms with van der Waals surface area (Å²) in [5.74, 6) is -0.303. The van der Waals surface area contributed by atoms with Crippen molar-refractivity contribution in [2.45, 2.75) is 18.4 Å². The van der Waals surface area contributed by atoms with Crippen LogP contribution in [0.1, 0.15) is 21.5 Å². The molecule has 1 amide bonds. The number of rotatable bonds is 11. The maximum Gasteiger partial charge on any atom is 0.340 e. The minimum absolute atomic E-state index is 0.0715. The first kappa shape index (κ1) is 27.5. The lowest BCUT2D eigenvalue weighted by atomic mass is 10.1. The van der Waals surface area contributed by atoms with Crippen LogP contribution in [0.25, 0.3) is 0 Å². The molecule has 0 aliphatic heterocycles. The average molecular weight is 529 g/mol. The molecule has 0 radical (unpaired) electrons. The second-order valence-electron chi connectivity index (χ2n) is 7.82. The highest BCUT2D eigenvalue weighted by Gasteiger charge is 2.20. The molecule has 10 nitrogen and oxygen atoms in total. The Bertz CT molecular complexity index is 1370. The number of hydrogen-bond acceptors (Lipinski definition) is 8. The second-order valence-corrected chi connectivity index (χ2v) is 9.59. The number of hydrogen-bond donors (Lipinski definition) is 2. The molecule has 2 N–H and O–H groups in total. The van der Waals surface area contributed by atoms with E-state index in [4.69, 9.17) is 18.9 Å². The van der Waals surface area contributed by atoms with E-state index in [2.05, 4.69) is 10.0 Å². The third-order valence-corrected chi connectivity index (χ3v) is 6.73. The molecule has 0 aromatic heterocycles. The maximum absolute atomic E-state index is 12.7. The summed E-state index contributed by atoms with van der Waals surface area (Å²) in [7, 11) is 0.316. The summed E-state index contributed by atoms with van der Waals surface area (Å²) < 4.78 is 48.7. The van der Waals surface area contributed by atoms with Crippen LogP contribution in [0.4, 0.5) is 5.69 Å². The molecular formula is C26H28N2O8S. The molecule has 0 saturated heterocycles. The molecule has 0 unspecified atom stereocenters. The van der Waals surface area contributed by atoms with Crippen LogP contribution in [-0.2, 0) is 26.1 Å². The molecule has 196 valence electrons. The molecule has 0 fully saturated rings. The Hall–Kier alpha value is -4.09. The number of aryl methyl sites for hydroxylation is 1. The van der Waals surface area contributed by atoms with Crippen LogP contribution in [0, 0.1) is 6.92 Å². The van der Waals surface area contributed by atoms with Gasteiger partial charge in [0.05, 0.1) is 37.5 Å². The molecule has 0 spiro atoms. The molecule has 37 heavy (non-hydrogen) atoms. The van der Waals surface area contributed by atoms with E-state index in [-0.39, 0.29) is 22.7 Å². The van der Waals surface area contributed by atoms with E-state index >= 15 is 0 Å². The van der Waals surface area contributed by atoms with E-state index in [1.807, 2.05) is 30.3 Å². The summed E-state index contributed by atoms with van der Waals surface area (Å²) >= 11 is 0. The lowest BCUT2D eigenvalue weighted by Crippen LogP contribution is -2.23. The van der Waals surface area contributed by atoms with E-state index in [1.165, 1.54) is 51.7 Å². The van der Waals surface area contributed by atoms with E-state index in [0.29, 0.717) is 22.8 Å². The van der Waals surface area contributed by atoms with Crippen molar-refractivity contribution < 1.29 is 37.0 Å². The van der Waals surface area contributed by atoms with Gasteiger partial charge in [-0.05, 0) is 36.2 Å². The van der Waals surface area contributed by atoms with Gasteiger partial charge in [-0.25, -0.2) is 17.9 Å². The smallest absolute Gasteiger partial charge is 0.340 e. The lowest BCUT2D eigenvalue weighted by Gasteiger charge is -2.15. The van der Waals surface area contributed by atoms with Crippen LogP contribution >= 0.6 is 0 Å². The zero-order valence-corrected chi connectivity index (χ0v) is 21.7. The number of carbonyl (C=O) groups is 2. The van der Waals surface area contributed by atoms with Crippen molar-refractivity contribution in [1.29, 1.82) is 0 Å². The molecule has 0 aliphatic rings. The number of sulfonamides is 1. The average Bonchev–Trinajstić information content (AvgIpc) is 2.91. The Balaban J connectivity index is 1.68.